The van der Waals surface area contributed by atoms with Gasteiger partial charge in [0.25, 0.3) is 0 Å². The van der Waals surface area contributed by atoms with E-state index in [4.69, 9.17) is 15.2 Å². The minimum Gasteiger partial charge on any atom is -0.489 e. The molecule has 0 aliphatic heterocycles. The van der Waals surface area contributed by atoms with Gasteiger partial charge in [0.15, 0.2) is 0 Å². The predicted octanol–water partition coefficient (Wildman–Crippen LogP) is 4.20. The Balaban J connectivity index is 2.72. The Labute approximate surface area is 138 Å². The van der Waals surface area contributed by atoms with Crippen LogP contribution in [0.25, 0.3) is 0 Å². The molecule has 1 rings (SSSR count). The number of carbonyl (C=O) groups excluding carboxylic acids is 1. The van der Waals surface area contributed by atoms with Crippen LogP contribution in [0.15, 0.2) is 30.4 Å². The molecule has 128 valence electrons. The van der Waals surface area contributed by atoms with E-state index < -0.39 is 11.7 Å². The first-order valence-electron chi connectivity index (χ1n) is 7.89. The van der Waals surface area contributed by atoms with Crippen molar-refractivity contribution in [2.75, 3.05) is 12.3 Å². The van der Waals surface area contributed by atoms with Crippen molar-refractivity contribution in [2.24, 2.45) is 0 Å². The molecule has 23 heavy (non-hydrogen) atoms. The minimum atomic E-state index is -0.528. The molecule has 5 heteroatoms. The average Bonchev–Trinajstić information content (AvgIpc) is 2.41. The lowest BCUT2D eigenvalue weighted by molar-refractivity contribution is 0.0508. The smallest absolute Gasteiger partial charge is 0.408 e. The fourth-order valence-electron chi connectivity index (χ4n) is 1.93. The van der Waals surface area contributed by atoms with Gasteiger partial charge in [-0.3, -0.25) is 0 Å². The van der Waals surface area contributed by atoms with Crippen molar-refractivity contribution in [3.63, 3.8) is 0 Å². The highest BCUT2D eigenvalue weighted by molar-refractivity contribution is 5.68. The topological polar surface area (TPSA) is 73.6 Å². The minimum absolute atomic E-state index is 0.234. The van der Waals surface area contributed by atoms with Gasteiger partial charge < -0.3 is 20.5 Å². The lowest BCUT2D eigenvalue weighted by atomic mass is 10.1. The van der Waals surface area contributed by atoms with E-state index in [0.29, 0.717) is 18.0 Å². The maximum absolute atomic E-state index is 11.9. The van der Waals surface area contributed by atoms with Gasteiger partial charge in [-0.2, -0.15) is 0 Å². The van der Waals surface area contributed by atoms with Crippen molar-refractivity contribution in [1.29, 1.82) is 0 Å². The summed E-state index contributed by atoms with van der Waals surface area (Å²) < 4.78 is 10.9. The van der Waals surface area contributed by atoms with E-state index in [1.54, 1.807) is 6.07 Å². The molecular weight excluding hydrogens is 292 g/mol. The molecule has 3 N–H and O–H groups in total. The van der Waals surface area contributed by atoms with Crippen LogP contribution in [-0.4, -0.2) is 18.3 Å². The second-order valence-corrected chi connectivity index (χ2v) is 6.39. The number of allylic oxidation sites excluding steroid dienone is 1. The summed E-state index contributed by atoms with van der Waals surface area (Å²) in [7, 11) is 0. The molecule has 0 saturated carbocycles. The molecule has 0 fully saturated rings. The lowest BCUT2D eigenvalue weighted by Gasteiger charge is -2.22. The lowest BCUT2D eigenvalue weighted by Crippen LogP contribution is -2.34. The van der Waals surface area contributed by atoms with Crippen LogP contribution in [0, 0.1) is 0 Å². The van der Waals surface area contributed by atoms with Crippen LogP contribution in [0.5, 0.6) is 5.75 Å². The fourth-order valence-corrected chi connectivity index (χ4v) is 1.93. The largest absolute Gasteiger partial charge is 0.489 e. The van der Waals surface area contributed by atoms with E-state index in [9.17, 15) is 4.79 Å². The number of hydrogen-bond acceptors (Lipinski definition) is 4. The van der Waals surface area contributed by atoms with Crippen LogP contribution >= 0.6 is 0 Å². The zero-order chi connectivity index (χ0) is 17.5. The number of amides is 1. The van der Waals surface area contributed by atoms with Gasteiger partial charge >= 0.3 is 6.09 Å². The van der Waals surface area contributed by atoms with E-state index in [1.807, 2.05) is 52.0 Å². The predicted molar refractivity (Wildman–Crippen MR) is 93.6 cm³/mol. The molecule has 1 amide bonds. The summed E-state index contributed by atoms with van der Waals surface area (Å²) in [5, 5.41) is 2.80. The summed E-state index contributed by atoms with van der Waals surface area (Å²) in [6.07, 6.45) is 4.52. The molecular formula is C18H28N2O3. The van der Waals surface area contributed by atoms with Crippen LogP contribution in [0.3, 0.4) is 0 Å². The molecule has 5 nitrogen and oxygen atoms in total. The van der Waals surface area contributed by atoms with E-state index >= 15 is 0 Å². The third-order valence-electron chi connectivity index (χ3n) is 2.93. The summed E-state index contributed by atoms with van der Waals surface area (Å²) in [6.45, 7) is 9.91. The highest BCUT2D eigenvalue weighted by Crippen LogP contribution is 2.24. The molecule has 0 aromatic heterocycles. The van der Waals surface area contributed by atoms with Crippen LogP contribution in [0.2, 0.25) is 0 Å². The molecule has 0 bridgehead atoms. The molecule has 1 aromatic rings. The number of rotatable bonds is 6. The second kappa shape index (κ2) is 8.46. The molecule has 0 unspecified atom stereocenters. The monoisotopic (exact) mass is 320 g/mol. The Morgan fingerprint density at radius 3 is 2.61 bits per heavy atom. The van der Waals surface area contributed by atoms with Crippen molar-refractivity contribution < 1.29 is 14.3 Å². The van der Waals surface area contributed by atoms with Crippen molar-refractivity contribution in [1.82, 2.24) is 5.32 Å². The molecule has 0 spiro atoms. The number of nitrogens with two attached hydrogens (primary N) is 1. The maximum Gasteiger partial charge on any atom is 0.408 e. The van der Waals surface area contributed by atoms with Gasteiger partial charge in [-0.1, -0.05) is 19.1 Å². The fraction of sp³-hybridized carbons (Fsp3) is 0.500. The highest BCUT2D eigenvalue weighted by atomic mass is 16.6. The van der Waals surface area contributed by atoms with Crippen molar-refractivity contribution in [2.45, 2.75) is 52.7 Å². The Kier molecular flexibility index (Phi) is 6.94. The van der Waals surface area contributed by atoms with Crippen molar-refractivity contribution >= 4 is 11.8 Å². The van der Waals surface area contributed by atoms with Crippen LogP contribution in [0.1, 0.15) is 52.6 Å². The Hall–Kier alpha value is -2.17. The number of anilines is 1. The van der Waals surface area contributed by atoms with Crippen molar-refractivity contribution in [3.8, 4) is 5.75 Å². The molecule has 0 heterocycles. The SMILES string of the molecule is CC/C=C/COc1cc(N)cc([C@H](C)NC(=O)OC(C)(C)C)c1. The standard InChI is InChI=1S/C18H28N2O3/c1-6-7-8-9-22-16-11-14(10-15(19)12-16)13(2)20-17(21)23-18(3,4)5/h7-8,10-13H,6,9,19H2,1-5H3,(H,20,21)/b8-7+/t13-/m0/s1. The number of ether oxygens (including phenoxy) is 2. The number of nitrogens with one attached hydrogen (secondary N) is 1. The summed E-state index contributed by atoms with van der Waals surface area (Å²) in [4.78, 5) is 11.9. The third kappa shape index (κ3) is 7.58. The van der Waals surface area contributed by atoms with Gasteiger partial charge in [-0.15, -0.1) is 0 Å². The van der Waals surface area contributed by atoms with Gasteiger partial charge in [0.1, 0.15) is 18.0 Å². The second-order valence-electron chi connectivity index (χ2n) is 6.39. The number of hydrogen-bond donors (Lipinski definition) is 2. The van der Waals surface area contributed by atoms with Gasteiger partial charge in [0.2, 0.25) is 0 Å². The number of alkyl carbamates (subject to hydrolysis) is 1. The number of benzene rings is 1. The molecule has 0 aliphatic carbocycles. The number of nitrogen functional groups attached to an aromatic ring is 1. The van der Waals surface area contributed by atoms with Gasteiger partial charge in [0, 0.05) is 11.8 Å². The molecule has 1 atom stereocenters. The quantitative estimate of drug-likeness (QED) is 0.608. The summed E-state index contributed by atoms with van der Waals surface area (Å²) in [5.41, 5.74) is 6.85. The summed E-state index contributed by atoms with van der Waals surface area (Å²) in [6, 6.07) is 5.22. The van der Waals surface area contributed by atoms with Gasteiger partial charge in [-0.25, -0.2) is 4.79 Å². The first-order valence-corrected chi connectivity index (χ1v) is 7.89. The van der Waals surface area contributed by atoms with Gasteiger partial charge in [0.05, 0.1) is 6.04 Å². The van der Waals surface area contributed by atoms with Gasteiger partial charge in [-0.05, 0) is 51.8 Å². The summed E-state index contributed by atoms with van der Waals surface area (Å²) >= 11 is 0. The Morgan fingerprint density at radius 1 is 1.30 bits per heavy atom. The Bertz CT molecular complexity index is 548. The number of carbonyl (C=O) groups is 1. The highest BCUT2D eigenvalue weighted by Gasteiger charge is 2.18. The molecule has 0 radical (unpaired) electrons. The first kappa shape index (κ1) is 18.9. The van der Waals surface area contributed by atoms with Crippen LogP contribution in [0.4, 0.5) is 10.5 Å². The van der Waals surface area contributed by atoms with E-state index in [-0.39, 0.29) is 6.04 Å². The third-order valence-corrected chi connectivity index (χ3v) is 2.93. The average molecular weight is 320 g/mol. The normalized spacial score (nSPS) is 12.9. The summed E-state index contributed by atoms with van der Waals surface area (Å²) in [5.74, 6) is 0.679. The molecule has 0 saturated heterocycles. The molecule has 1 aromatic carbocycles. The van der Waals surface area contributed by atoms with Crippen LogP contribution in [-0.2, 0) is 4.74 Å². The zero-order valence-corrected chi connectivity index (χ0v) is 14.7. The van der Waals surface area contributed by atoms with E-state index in [2.05, 4.69) is 12.2 Å². The van der Waals surface area contributed by atoms with Crippen LogP contribution < -0.4 is 15.8 Å². The Morgan fingerprint density at radius 2 is 2.00 bits per heavy atom. The first-order chi connectivity index (χ1) is 10.7. The molecule has 0 aliphatic rings. The zero-order valence-electron chi connectivity index (χ0n) is 14.7. The van der Waals surface area contributed by atoms with E-state index in [1.165, 1.54) is 0 Å². The van der Waals surface area contributed by atoms with Crippen molar-refractivity contribution in [3.05, 3.63) is 35.9 Å². The maximum atomic E-state index is 11.9. The van der Waals surface area contributed by atoms with E-state index in [0.717, 1.165) is 12.0 Å².